The van der Waals surface area contributed by atoms with E-state index in [0.29, 0.717) is 0 Å². The Morgan fingerprint density at radius 2 is 0.966 bits per heavy atom. The highest BCUT2D eigenvalue weighted by Gasteiger charge is 2.20. The van der Waals surface area contributed by atoms with Gasteiger partial charge < -0.3 is 9.47 Å². The molecule has 2 aromatic heterocycles. The first kappa shape index (κ1) is 33.7. The monoisotopic (exact) mass is 768 g/mol. The Bertz CT molecular complexity index is 3520. The Morgan fingerprint density at radius 1 is 0.356 bits per heavy atom. The third-order valence-electron chi connectivity index (χ3n) is 12.0. The maximum Gasteiger partial charge on any atom is 0.0554 e. The molecule has 2 nitrogen and oxygen atoms in total. The van der Waals surface area contributed by atoms with Gasteiger partial charge in [0.15, 0.2) is 0 Å². The van der Waals surface area contributed by atoms with Gasteiger partial charge in [0.2, 0.25) is 0 Å². The second-order valence-electron chi connectivity index (χ2n) is 15.3. The van der Waals surface area contributed by atoms with Crippen molar-refractivity contribution in [1.82, 2.24) is 4.57 Å². The third kappa shape index (κ3) is 5.47. The molecule has 12 aromatic rings. The molecule has 0 fully saturated rings. The normalized spacial score (nSPS) is 11.7. The molecule has 12 rings (SSSR count). The highest BCUT2D eigenvalue weighted by molar-refractivity contribution is 7.26. The van der Waals surface area contributed by atoms with Crippen molar-refractivity contribution in [2.45, 2.75) is 0 Å². The molecule has 0 aliphatic heterocycles. The molecule has 0 N–H and O–H groups in total. The first-order valence-electron chi connectivity index (χ1n) is 20.2. The molecule has 0 aliphatic carbocycles. The lowest BCUT2D eigenvalue weighted by Crippen LogP contribution is -2.10. The van der Waals surface area contributed by atoms with Crippen molar-refractivity contribution in [2.75, 3.05) is 4.90 Å². The summed E-state index contributed by atoms with van der Waals surface area (Å²) >= 11 is 1.86. The largest absolute Gasteiger partial charge is 0.310 e. The van der Waals surface area contributed by atoms with E-state index in [-0.39, 0.29) is 0 Å². The second-order valence-corrected chi connectivity index (χ2v) is 16.4. The van der Waals surface area contributed by atoms with E-state index in [1.54, 1.807) is 0 Å². The number of hydrogen-bond donors (Lipinski definition) is 0. The number of benzene rings is 10. The summed E-state index contributed by atoms with van der Waals surface area (Å²) < 4.78 is 5.01. The molecule has 276 valence electrons. The number of para-hydroxylation sites is 3. The molecule has 10 aromatic carbocycles. The van der Waals surface area contributed by atoms with Gasteiger partial charge in [-0.25, -0.2) is 0 Å². The van der Waals surface area contributed by atoms with Crippen LogP contribution in [0.5, 0.6) is 0 Å². The molecule has 2 heterocycles. The van der Waals surface area contributed by atoms with Crippen LogP contribution in [0.4, 0.5) is 17.1 Å². The van der Waals surface area contributed by atoms with Crippen LogP contribution < -0.4 is 4.90 Å². The topological polar surface area (TPSA) is 8.17 Å². The van der Waals surface area contributed by atoms with Gasteiger partial charge in [0.05, 0.1) is 22.4 Å². The van der Waals surface area contributed by atoms with Crippen LogP contribution in [0, 0.1) is 0 Å². The van der Waals surface area contributed by atoms with Crippen LogP contribution in [0.15, 0.2) is 218 Å². The molecule has 0 unspecified atom stereocenters. The van der Waals surface area contributed by atoms with Crippen molar-refractivity contribution in [1.29, 1.82) is 0 Å². The second kappa shape index (κ2) is 13.6. The van der Waals surface area contributed by atoms with Gasteiger partial charge in [-0.3, -0.25) is 0 Å². The molecule has 3 heteroatoms. The van der Waals surface area contributed by atoms with Crippen molar-refractivity contribution in [3.8, 4) is 27.9 Å². The molecular weight excluding hydrogens is 733 g/mol. The summed E-state index contributed by atoms with van der Waals surface area (Å²) in [6.07, 6.45) is 0. The molecule has 59 heavy (non-hydrogen) atoms. The Labute approximate surface area is 346 Å². The van der Waals surface area contributed by atoms with E-state index < -0.39 is 0 Å². The quantitative estimate of drug-likeness (QED) is 0.153. The van der Waals surface area contributed by atoms with Crippen molar-refractivity contribution >= 4 is 91.9 Å². The first-order chi connectivity index (χ1) is 29.3. The number of anilines is 3. The van der Waals surface area contributed by atoms with Crippen LogP contribution in [-0.2, 0) is 0 Å². The van der Waals surface area contributed by atoms with Crippen LogP contribution in [-0.4, -0.2) is 4.57 Å². The minimum Gasteiger partial charge on any atom is -0.310 e. The first-order valence-corrected chi connectivity index (χ1v) is 21.0. The average Bonchev–Trinajstić information content (AvgIpc) is 3.86. The molecule has 0 saturated heterocycles. The number of rotatable bonds is 6. The minimum atomic E-state index is 1.12. The fourth-order valence-electron chi connectivity index (χ4n) is 9.27. The van der Waals surface area contributed by atoms with Crippen molar-refractivity contribution in [3.63, 3.8) is 0 Å². The molecule has 0 bridgehead atoms. The lowest BCUT2D eigenvalue weighted by Gasteiger charge is -2.27. The van der Waals surface area contributed by atoms with E-state index >= 15 is 0 Å². The Kier molecular flexibility index (Phi) is 7.75. The lowest BCUT2D eigenvalue weighted by molar-refractivity contribution is 1.18. The predicted octanol–water partition coefficient (Wildman–Crippen LogP) is 16.3. The van der Waals surface area contributed by atoms with E-state index in [2.05, 4.69) is 228 Å². The van der Waals surface area contributed by atoms with Crippen LogP contribution >= 0.6 is 11.3 Å². The molecule has 0 atom stereocenters. The van der Waals surface area contributed by atoms with E-state index in [4.69, 9.17) is 0 Å². The molecule has 0 radical (unpaired) electrons. The van der Waals surface area contributed by atoms with Gasteiger partial charge in [-0.15, -0.1) is 11.3 Å². The Balaban J connectivity index is 0.982. The number of fused-ring (bicyclic) bond motifs is 9. The standard InChI is InChI=1S/C56H36N2S/c1-2-16-44-38(13-1)27-28-41-36-43(33-34-45(41)44)57(53-24-12-26-55-56(53)49-20-6-10-25-54(49)59-55)42-31-29-37(30-32-42)39-14-11-15-40(35-39)46-17-3-7-21-50(46)58-51-22-8-4-18-47(51)48-19-5-9-23-52(48)58/h1-36H. The molecule has 0 amide bonds. The Hall–Kier alpha value is -7.46. The lowest BCUT2D eigenvalue weighted by atomic mass is 9.97. The summed E-state index contributed by atoms with van der Waals surface area (Å²) in [7, 11) is 0. The van der Waals surface area contributed by atoms with E-state index in [0.717, 1.165) is 11.4 Å². The molecule has 0 aliphatic rings. The maximum absolute atomic E-state index is 2.44. The van der Waals surface area contributed by atoms with Crippen molar-refractivity contribution in [2.24, 2.45) is 0 Å². The van der Waals surface area contributed by atoms with Crippen molar-refractivity contribution in [3.05, 3.63) is 218 Å². The summed E-state index contributed by atoms with van der Waals surface area (Å²) in [5.74, 6) is 0. The molecule has 0 saturated carbocycles. The number of nitrogens with zero attached hydrogens (tertiary/aromatic N) is 2. The van der Waals surface area contributed by atoms with Gasteiger partial charge >= 0.3 is 0 Å². The van der Waals surface area contributed by atoms with E-state index in [1.165, 1.54) is 97.2 Å². The highest BCUT2D eigenvalue weighted by atomic mass is 32.1. The zero-order valence-electron chi connectivity index (χ0n) is 32.1. The van der Waals surface area contributed by atoms with Gasteiger partial charge in [0, 0.05) is 47.9 Å². The SMILES string of the molecule is c1cc(-c2ccc(N(c3ccc4c(ccc5ccccc54)c3)c3cccc4sc5ccccc5c34)cc2)cc(-c2ccccc2-n2c3ccccc3c3ccccc32)c1. The minimum absolute atomic E-state index is 1.12. The van der Waals surface area contributed by atoms with Gasteiger partial charge in [0.1, 0.15) is 0 Å². The summed E-state index contributed by atoms with van der Waals surface area (Å²) in [6.45, 7) is 0. The fourth-order valence-corrected chi connectivity index (χ4v) is 10.4. The van der Waals surface area contributed by atoms with Crippen LogP contribution in [0.1, 0.15) is 0 Å². The maximum atomic E-state index is 2.44. The Morgan fingerprint density at radius 3 is 1.80 bits per heavy atom. The summed E-state index contributed by atoms with van der Waals surface area (Å²) in [6, 6.07) is 80.0. The van der Waals surface area contributed by atoms with Gasteiger partial charge in [-0.2, -0.15) is 0 Å². The third-order valence-corrected chi connectivity index (χ3v) is 13.1. The van der Waals surface area contributed by atoms with Crippen molar-refractivity contribution < 1.29 is 0 Å². The number of hydrogen-bond acceptors (Lipinski definition) is 2. The average molecular weight is 769 g/mol. The zero-order valence-corrected chi connectivity index (χ0v) is 32.9. The summed E-state index contributed by atoms with van der Waals surface area (Å²) in [5.41, 5.74) is 11.8. The predicted molar refractivity (Wildman–Crippen MR) is 254 cm³/mol. The van der Waals surface area contributed by atoms with Gasteiger partial charge in [0.25, 0.3) is 0 Å². The van der Waals surface area contributed by atoms with Crippen LogP contribution in [0.25, 0.3) is 91.5 Å². The summed E-state index contributed by atoms with van der Waals surface area (Å²) in [4.78, 5) is 2.44. The fraction of sp³-hybridized carbons (Fsp3) is 0. The van der Waals surface area contributed by atoms with E-state index in [1.807, 2.05) is 11.3 Å². The highest BCUT2D eigenvalue weighted by Crippen LogP contribution is 2.46. The van der Waals surface area contributed by atoms with Crippen LogP contribution in [0.2, 0.25) is 0 Å². The van der Waals surface area contributed by atoms with Gasteiger partial charge in [-0.1, -0.05) is 152 Å². The zero-order chi connectivity index (χ0) is 38.9. The van der Waals surface area contributed by atoms with Crippen LogP contribution in [0.3, 0.4) is 0 Å². The van der Waals surface area contributed by atoms with Gasteiger partial charge in [-0.05, 0) is 105 Å². The number of aromatic nitrogens is 1. The number of thiophene rings is 1. The summed E-state index contributed by atoms with van der Waals surface area (Å²) in [5, 5.41) is 10.1. The molecular formula is C56H36N2S. The molecule has 0 spiro atoms. The van der Waals surface area contributed by atoms with E-state index in [9.17, 15) is 0 Å². The smallest absolute Gasteiger partial charge is 0.0554 e.